The largest absolute Gasteiger partial charge is 0.467 e. The number of unbranched alkanes of at least 4 members (excludes halogenated alkanes) is 1. The monoisotopic (exact) mass is 964 g/mol. The molecule has 4 N–H and O–H groups in total. The van der Waals surface area contributed by atoms with Gasteiger partial charge in [0.15, 0.2) is 0 Å². The van der Waals surface area contributed by atoms with E-state index in [1.165, 1.54) is 47.8 Å². The van der Waals surface area contributed by atoms with Gasteiger partial charge in [-0.2, -0.15) is 0 Å². The fraction of sp³-hybridized carbons (Fsp3) is 0.667. The topological polar surface area (TPSA) is 172 Å². The van der Waals surface area contributed by atoms with Crippen molar-refractivity contribution in [1.29, 1.82) is 0 Å². The number of hydrogen-bond donors (Lipinski definition) is 4. The summed E-state index contributed by atoms with van der Waals surface area (Å²) < 4.78 is 10.6. The van der Waals surface area contributed by atoms with E-state index in [-0.39, 0.29) is 37.0 Å². The number of esters is 1. The summed E-state index contributed by atoms with van der Waals surface area (Å²) in [7, 11) is 1.06. The number of carbonyl (C=O) groups excluding carboxylic acids is 6. The fourth-order valence-electron chi connectivity index (χ4n) is 8.69. The summed E-state index contributed by atoms with van der Waals surface area (Å²) in [4.78, 5) is 84.0. The van der Waals surface area contributed by atoms with Crippen LogP contribution in [0.15, 0.2) is 48.5 Å². The van der Waals surface area contributed by atoms with Gasteiger partial charge in [-0.05, 0) is 94.6 Å². The van der Waals surface area contributed by atoms with Crippen LogP contribution in [0.2, 0.25) is 18.1 Å². The highest BCUT2D eigenvalue weighted by Gasteiger charge is 2.38. The second-order valence-corrected chi connectivity index (χ2v) is 26.6. The third-order valence-electron chi connectivity index (χ3n) is 12.8. The highest BCUT2D eigenvalue weighted by Crippen LogP contribution is 2.25. The van der Waals surface area contributed by atoms with Crippen molar-refractivity contribution in [2.75, 3.05) is 14.2 Å². The average Bonchev–Trinajstić information content (AvgIpc) is 3.25. The number of benzene rings is 2. The van der Waals surface area contributed by atoms with E-state index >= 15 is 0 Å². The van der Waals surface area contributed by atoms with E-state index in [2.05, 4.69) is 90.6 Å². The Kier molecular flexibility index (Phi) is 24.5. The first kappa shape index (κ1) is 59.4. The van der Waals surface area contributed by atoms with Gasteiger partial charge >= 0.3 is 12.1 Å². The van der Waals surface area contributed by atoms with Crippen LogP contribution in [-0.4, -0.2) is 98.6 Å². The molecule has 0 radical (unpaired) electrons. The second-order valence-electron chi connectivity index (χ2n) is 21.5. The number of rotatable bonds is 27. The molecule has 0 spiro atoms. The predicted molar refractivity (Wildman–Crippen MR) is 276 cm³/mol. The number of ether oxygens (including phenoxy) is 2. The van der Waals surface area contributed by atoms with Crippen LogP contribution in [0.5, 0.6) is 0 Å². The zero-order valence-corrected chi connectivity index (χ0v) is 45.6. The van der Waals surface area contributed by atoms with Crippen molar-refractivity contribution in [1.82, 2.24) is 26.2 Å². The lowest BCUT2D eigenvalue weighted by Gasteiger charge is -2.34. The number of alkyl carbamates (subject to hydrolysis) is 1. The summed E-state index contributed by atoms with van der Waals surface area (Å²) in [6, 6.07) is 15.8. The average molecular weight is 964 g/mol. The normalized spacial score (nSPS) is 14.2. The molecule has 68 heavy (non-hydrogen) atoms. The van der Waals surface area contributed by atoms with Crippen molar-refractivity contribution >= 4 is 49.0 Å². The summed E-state index contributed by atoms with van der Waals surface area (Å²) >= 11 is 0. The van der Waals surface area contributed by atoms with E-state index < -0.39 is 85.5 Å². The first-order valence-electron chi connectivity index (χ1n) is 25.2. The second kappa shape index (κ2) is 28.1. The molecule has 13 nitrogen and oxygen atoms in total. The number of amides is 5. The van der Waals surface area contributed by atoms with Crippen LogP contribution >= 0.6 is 0 Å². The quantitative estimate of drug-likeness (QED) is 0.0393. The summed E-state index contributed by atoms with van der Waals surface area (Å²) in [5, 5.41) is 12.7. The van der Waals surface area contributed by atoms with Gasteiger partial charge in [0.2, 0.25) is 23.6 Å². The molecule has 2 aromatic carbocycles. The molecule has 0 saturated heterocycles. The molecule has 0 unspecified atom stereocenters. The Labute approximate surface area is 410 Å². The Hall–Kier alpha value is -4.72. The van der Waals surface area contributed by atoms with Crippen LogP contribution in [0.1, 0.15) is 139 Å². The zero-order valence-electron chi connectivity index (χ0n) is 44.6. The van der Waals surface area contributed by atoms with Crippen LogP contribution in [-0.2, 0) is 46.3 Å². The molecular weight excluding hydrogens is 875 g/mol. The van der Waals surface area contributed by atoms with Gasteiger partial charge in [0.05, 0.1) is 15.2 Å². The van der Waals surface area contributed by atoms with Crippen LogP contribution in [0, 0.1) is 30.6 Å². The molecule has 0 bridgehead atoms. The Morgan fingerprint density at radius 2 is 1.15 bits per heavy atom. The van der Waals surface area contributed by atoms with Crippen LogP contribution in [0.4, 0.5) is 4.79 Å². The Morgan fingerprint density at radius 3 is 1.63 bits per heavy atom. The first-order valence-corrected chi connectivity index (χ1v) is 27.8. The van der Waals surface area contributed by atoms with E-state index in [1.54, 1.807) is 34.6 Å². The van der Waals surface area contributed by atoms with E-state index in [0.717, 1.165) is 30.5 Å². The Balaban J connectivity index is 2.30. The predicted octanol–water partition coefficient (Wildman–Crippen LogP) is 8.40. The van der Waals surface area contributed by atoms with Crippen LogP contribution < -0.4 is 26.5 Å². The van der Waals surface area contributed by atoms with Crippen LogP contribution in [0.25, 0.3) is 0 Å². The van der Waals surface area contributed by atoms with Crippen molar-refractivity contribution in [2.24, 2.45) is 23.7 Å². The number of methoxy groups -OCH3 is 1. The number of nitrogens with zero attached hydrogens (tertiary/aromatic N) is 1. The molecule has 0 aliphatic carbocycles. The summed E-state index contributed by atoms with van der Waals surface area (Å²) in [5.41, 5.74) is 2.76. The standard InChI is InChI=1S/C54H89N5O8Si/c1-17-68(18-2,30-20-19-21-40-24-22-39(11)23-25-40)42-28-26-41(27-29-42)34-45(52(64)66-16)56-50(62)46(33-37(7)8)59(15)51(63)47(38(9)10)58-49(61)43(31-35(3)4)55-48(60)44(32-36(5)6)57-53(65)67-54(12,13)14/h22-29,35-38,43-47H,17-21,30-34H2,1-16H3,(H,55,60)(H,56,62)(H,57,65)(H,58,61)/t43-,44-,45-,46-,47-/m0/s1. The zero-order chi connectivity index (χ0) is 51.5. The summed E-state index contributed by atoms with van der Waals surface area (Å²) in [6.45, 7) is 27.1. The van der Waals surface area contributed by atoms with E-state index in [4.69, 9.17) is 9.47 Å². The van der Waals surface area contributed by atoms with Gasteiger partial charge in [-0.25, -0.2) is 9.59 Å². The minimum absolute atomic E-state index is 0.0138. The molecule has 0 aliphatic heterocycles. The van der Waals surface area contributed by atoms with Crippen molar-refractivity contribution in [3.05, 3.63) is 65.2 Å². The number of carbonyl (C=O) groups is 6. The van der Waals surface area contributed by atoms with E-state index in [1.807, 2.05) is 41.5 Å². The lowest BCUT2D eigenvalue weighted by Crippen LogP contribution is -2.60. The lowest BCUT2D eigenvalue weighted by atomic mass is 9.96. The Bertz CT molecular complexity index is 1910. The molecule has 5 amide bonds. The van der Waals surface area contributed by atoms with Gasteiger partial charge < -0.3 is 35.6 Å². The Morgan fingerprint density at radius 1 is 0.647 bits per heavy atom. The van der Waals surface area contributed by atoms with Crippen molar-refractivity contribution < 1.29 is 38.2 Å². The van der Waals surface area contributed by atoms with Gasteiger partial charge in [-0.15, -0.1) is 0 Å². The minimum Gasteiger partial charge on any atom is -0.467 e. The molecule has 382 valence electrons. The van der Waals surface area contributed by atoms with Crippen molar-refractivity contribution in [3.63, 3.8) is 0 Å². The number of hydrogen-bond acceptors (Lipinski definition) is 8. The molecule has 0 heterocycles. The molecular formula is C54H89N5O8Si. The summed E-state index contributed by atoms with van der Waals surface area (Å²) in [5.74, 6) is -3.11. The molecule has 2 rings (SSSR count). The number of nitrogens with one attached hydrogen (secondary N) is 4. The summed E-state index contributed by atoms with van der Waals surface area (Å²) in [6.07, 6.45) is 3.71. The van der Waals surface area contributed by atoms with Gasteiger partial charge in [0.25, 0.3) is 0 Å². The lowest BCUT2D eigenvalue weighted by molar-refractivity contribution is -0.147. The van der Waals surface area contributed by atoms with Gasteiger partial charge in [0.1, 0.15) is 35.8 Å². The molecule has 2 aromatic rings. The maximum atomic E-state index is 14.5. The molecule has 14 heteroatoms. The van der Waals surface area contributed by atoms with Crippen LogP contribution in [0.3, 0.4) is 0 Å². The molecule has 0 aliphatic rings. The number of aryl methyl sites for hydroxylation is 2. The van der Waals surface area contributed by atoms with Crippen molar-refractivity contribution in [3.8, 4) is 0 Å². The van der Waals surface area contributed by atoms with Crippen molar-refractivity contribution in [2.45, 2.75) is 196 Å². The molecule has 5 atom stereocenters. The minimum atomic E-state index is -1.77. The van der Waals surface area contributed by atoms with Gasteiger partial charge in [-0.3, -0.25) is 19.2 Å². The van der Waals surface area contributed by atoms with E-state index in [9.17, 15) is 28.8 Å². The third-order valence-corrected chi connectivity index (χ3v) is 18.3. The van der Waals surface area contributed by atoms with Gasteiger partial charge in [0, 0.05) is 13.5 Å². The highest BCUT2D eigenvalue weighted by atomic mass is 28.3. The third kappa shape index (κ3) is 19.7. The molecule has 0 aromatic heterocycles. The van der Waals surface area contributed by atoms with Gasteiger partial charge in [-0.1, -0.05) is 153 Å². The fourth-order valence-corrected chi connectivity index (χ4v) is 12.8. The maximum absolute atomic E-state index is 14.5. The molecule has 0 fully saturated rings. The molecule has 0 saturated carbocycles. The van der Waals surface area contributed by atoms with E-state index in [0.29, 0.717) is 6.42 Å². The first-order chi connectivity index (χ1) is 31.8. The maximum Gasteiger partial charge on any atom is 0.408 e. The number of likely N-dealkylation sites (N-methyl/N-ethyl adjacent to an activating group) is 1. The SMILES string of the molecule is CC[Si](CC)(CCCCc1ccc(C)cc1)c1ccc(C[C@H](NC(=O)[C@H](CC(C)C)N(C)C(=O)[C@@H](NC(=O)[C@H](CC(C)C)NC(=O)[C@H](CC(C)C)NC(=O)OC(C)(C)C)C(C)C)C(=O)OC)cc1. The smallest absolute Gasteiger partial charge is 0.408 e. The highest BCUT2D eigenvalue weighted by molar-refractivity contribution is 6.91.